The molecule has 7 heteroatoms. The van der Waals surface area contributed by atoms with Gasteiger partial charge < -0.3 is 19.8 Å². The van der Waals surface area contributed by atoms with Crippen LogP contribution in [0.4, 0.5) is 5.69 Å². The fourth-order valence-corrected chi connectivity index (χ4v) is 4.97. The van der Waals surface area contributed by atoms with Crippen molar-refractivity contribution in [3.63, 3.8) is 0 Å². The summed E-state index contributed by atoms with van der Waals surface area (Å²) in [6, 6.07) is 20.9. The molecule has 1 heterocycles. The number of hydrogen-bond acceptors (Lipinski definition) is 5. The lowest BCUT2D eigenvalue weighted by Crippen LogP contribution is -2.16. The van der Waals surface area contributed by atoms with Gasteiger partial charge in [-0.05, 0) is 29.8 Å². The summed E-state index contributed by atoms with van der Waals surface area (Å²) in [7, 11) is -0.132. The molecule has 0 saturated heterocycles. The smallest absolute Gasteiger partial charge is 0.177 e. The second kappa shape index (κ2) is 8.96. The number of hydrogen-bond donors (Lipinski definition) is 2. The van der Waals surface area contributed by atoms with Crippen LogP contribution in [0.25, 0.3) is 10.9 Å². The van der Waals surface area contributed by atoms with Crippen molar-refractivity contribution in [3.8, 4) is 11.5 Å². The number of H-pyrrole nitrogens is 1. The molecule has 32 heavy (non-hydrogen) atoms. The van der Waals surface area contributed by atoms with E-state index in [1.54, 1.807) is 32.4 Å². The van der Waals surface area contributed by atoms with Gasteiger partial charge in [-0.2, -0.15) is 0 Å². The maximum Gasteiger partial charge on any atom is 0.177 e. The summed E-state index contributed by atoms with van der Waals surface area (Å²) < 4.78 is 35.8. The molecule has 0 bridgehead atoms. The quantitative estimate of drug-likeness (QED) is 0.402. The molecule has 0 aliphatic carbocycles. The minimum Gasteiger partial charge on any atom is -0.493 e. The molecular formula is C25H26N2O4S. The molecule has 1 atom stereocenters. The highest BCUT2D eigenvalue weighted by Gasteiger charge is 2.24. The highest BCUT2D eigenvalue weighted by Crippen LogP contribution is 2.40. The standard InChI is InChI=1S/C25H26N2O4S/c1-30-23-13-8-10-18(25(23)31-2)20(19-15-26-21-11-5-4-9-17(19)21)16-27-22-12-6-7-14-24(22)32(3,28)29/h4-15,20,26-27H,16H2,1-3H3. The Hall–Kier alpha value is -3.45. The molecule has 3 aromatic carbocycles. The van der Waals surface area contributed by atoms with Crippen molar-refractivity contribution in [2.75, 3.05) is 32.3 Å². The van der Waals surface area contributed by atoms with Gasteiger partial charge in [-0.1, -0.05) is 42.5 Å². The van der Waals surface area contributed by atoms with Crippen LogP contribution < -0.4 is 14.8 Å². The second-order valence-corrected chi connectivity index (χ2v) is 9.56. The van der Waals surface area contributed by atoms with Gasteiger partial charge in [0.05, 0.1) is 24.8 Å². The molecule has 1 aromatic heterocycles. The van der Waals surface area contributed by atoms with Crippen LogP contribution in [0.15, 0.2) is 77.8 Å². The van der Waals surface area contributed by atoms with E-state index in [1.807, 2.05) is 48.7 Å². The highest BCUT2D eigenvalue weighted by molar-refractivity contribution is 7.90. The van der Waals surface area contributed by atoms with E-state index in [9.17, 15) is 8.42 Å². The normalized spacial score (nSPS) is 12.5. The number of methoxy groups -OCH3 is 2. The minimum absolute atomic E-state index is 0.135. The van der Waals surface area contributed by atoms with Crippen LogP contribution in [0.2, 0.25) is 0 Å². The van der Waals surface area contributed by atoms with Crippen molar-refractivity contribution in [2.24, 2.45) is 0 Å². The van der Waals surface area contributed by atoms with Gasteiger partial charge in [0.25, 0.3) is 0 Å². The molecule has 0 aliphatic rings. The Morgan fingerprint density at radius 2 is 1.66 bits per heavy atom. The van der Waals surface area contributed by atoms with Crippen LogP contribution in [-0.2, 0) is 9.84 Å². The lowest BCUT2D eigenvalue weighted by molar-refractivity contribution is 0.350. The molecule has 166 valence electrons. The van der Waals surface area contributed by atoms with Crippen LogP contribution in [0, 0.1) is 0 Å². The molecule has 4 rings (SSSR count). The number of ether oxygens (including phenoxy) is 2. The Morgan fingerprint density at radius 1 is 0.906 bits per heavy atom. The zero-order chi connectivity index (χ0) is 22.7. The third-order valence-corrected chi connectivity index (χ3v) is 6.74. The fraction of sp³-hybridized carbons (Fsp3) is 0.200. The van der Waals surface area contributed by atoms with Gasteiger partial charge in [-0.15, -0.1) is 0 Å². The Labute approximate surface area is 188 Å². The third kappa shape index (κ3) is 4.16. The first-order chi connectivity index (χ1) is 15.4. The van der Waals surface area contributed by atoms with E-state index >= 15 is 0 Å². The summed E-state index contributed by atoms with van der Waals surface area (Å²) in [6.07, 6.45) is 3.22. The first kappa shape index (κ1) is 21.8. The van der Waals surface area contributed by atoms with Gasteiger partial charge in [-0.25, -0.2) is 8.42 Å². The summed E-state index contributed by atoms with van der Waals surface area (Å²) in [6.45, 7) is 0.456. The highest BCUT2D eigenvalue weighted by atomic mass is 32.2. The van der Waals surface area contributed by atoms with Crippen molar-refractivity contribution in [2.45, 2.75) is 10.8 Å². The SMILES string of the molecule is COc1cccc(C(CNc2ccccc2S(C)(=O)=O)c2c[nH]c3ccccc23)c1OC. The largest absolute Gasteiger partial charge is 0.493 e. The summed E-state index contributed by atoms with van der Waals surface area (Å²) in [5.41, 5.74) is 3.63. The Morgan fingerprint density at radius 3 is 2.41 bits per heavy atom. The van der Waals surface area contributed by atoms with E-state index in [0.29, 0.717) is 23.7 Å². The van der Waals surface area contributed by atoms with Crippen LogP contribution in [0.1, 0.15) is 17.0 Å². The maximum absolute atomic E-state index is 12.3. The number of aromatic nitrogens is 1. The van der Waals surface area contributed by atoms with Gasteiger partial charge >= 0.3 is 0 Å². The fourth-order valence-electron chi connectivity index (χ4n) is 4.10. The van der Waals surface area contributed by atoms with Crippen molar-refractivity contribution >= 4 is 26.4 Å². The first-order valence-electron chi connectivity index (χ1n) is 10.2. The topological polar surface area (TPSA) is 80.4 Å². The molecule has 0 saturated carbocycles. The zero-order valence-electron chi connectivity index (χ0n) is 18.3. The molecular weight excluding hydrogens is 424 g/mol. The van der Waals surface area contributed by atoms with E-state index < -0.39 is 9.84 Å². The lowest BCUT2D eigenvalue weighted by atomic mass is 9.89. The van der Waals surface area contributed by atoms with Crippen molar-refractivity contribution in [1.29, 1.82) is 0 Å². The van der Waals surface area contributed by atoms with Gasteiger partial charge in [0.1, 0.15) is 0 Å². The van der Waals surface area contributed by atoms with E-state index in [2.05, 4.69) is 16.4 Å². The van der Waals surface area contributed by atoms with Crippen LogP contribution in [-0.4, -0.2) is 40.4 Å². The zero-order valence-corrected chi connectivity index (χ0v) is 19.1. The Balaban J connectivity index is 1.82. The average Bonchev–Trinajstić information content (AvgIpc) is 3.22. The summed E-state index contributed by atoms with van der Waals surface area (Å²) in [5, 5.41) is 4.47. The molecule has 0 amide bonds. The number of aromatic amines is 1. The van der Waals surface area contributed by atoms with Gasteiger partial charge in [0.15, 0.2) is 21.3 Å². The monoisotopic (exact) mass is 450 g/mol. The van der Waals surface area contributed by atoms with Crippen LogP contribution >= 0.6 is 0 Å². The lowest BCUT2D eigenvalue weighted by Gasteiger charge is -2.23. The Kier molecular flexibility index (Phi) is 6.10. The maximum atomic E-state index is 12.3. The van der Waals surface area contributed by atoms with Crippen molar-refractivity contribution in [3.05, 3.63) is 84.1 Å². The average molecular weight is 451 g/mol. The number of nitrogens with one attached hydrogen (secondary N) is 2. The van der Waals surface area contributed by atoms with Crippen molar-refractivity contribution in [1.82, 2.24) is 4.98 Å². The van der Waals surface area contributed by atoms with Crippen molar-refractivity contribution < 1.29 is 17.9 Å². The van der Waals surface area contributed by atoms with E-state index in [0.717, 1.165) is 22.0 Å². The molecule has 1 unspecified atom stereocenters. The van der Waals surface area contributed by atoms with Gasteiger partial charge in [0.2, 0.25) is 0 Å². The number of anilines is 1. The molecule has 2 N–H and O–H groups in total. The van der Waals surface area contributed by atoms with Gasteiger partial charge in [0, 0.05) is 41.4 Å². The van der Waals surface area contributed by atoms with Crippen LogP contribution in [0.5, 0.6) is 11.5 Å². The summed E-state index contributed by atoms with van der Waals surface area (Å²) in [5.74, 6) is 1.17. The number of para-hydroxylation sites is 3. The molecule has 0 radical (unpaired) electrons. The predicted octanol–water partition coefficient (Wildman–Crippen LogP) is 4.83. The third-order valence-electron chi connectivity index (χ3n) is 5.59. The molecule has 0 spiro atoms. The number of sulfone groups is 1. The van der Waals surface area contributed by atoms with E-state index in [1.165, 1.54) is 6.26 Å². The number of benzene rings is 3. The first-order valence-corrected chi connectivity index (χ1v) is 12.1. The summed E-state index contributed by atoms with van der Waals surface area (Å²) >= 11 is 0. The van der Waals surface area contributed by atoms with E-state index in [4.69, 9.17) is 9.47 Å². The van der Waals surface area contributed by atoms with E-state index in [-0.39, 0.29) is 10.8 Å². The van der Waals surface area contributed by atoms with Crippen LogP contribution in [0.3, 0.4) is 0 Å². The number of rotatable bonds is 8. The number of fused-ring (bicyclic) bond motifs is 1. The Bertz CT molecular complexity index is 1350. The summed E-state index contributed by atoms with van der Waals surface area (Å²) in [4.78, 5) is 3.62. The minimum atomic E-state index is -3.37. The van der Waals surface area contributed by atoms with Gasteiger partial charge in [-0.3, -0.25) is 0 Å². The predicted molar refractivity (Wildman–Crippen MR) is 128 cm³/mol. The molecule has 6 nitrogen and oxygen atoms in total. The molecule has 0 aliphatic heterocycles. The molecule has 0 fully saturated rings. The molecule has 4 aromatic rings. The second-order valence-electron chi connectivity index (χ2n) is 7.57.